The van der Waals surface area contributed by atoms with Gasteiger partial charge in [0.25, 0.3) is 5.91 Å². The lowest BCUT2D eigenvalue weighted by atomic mass is 9.96. The molecule has 0 radical (unpaired) electrons. The Morgan fingerprint density at radius 3 is 2.55 bits per heavy atom. The van der Waals surface area contributed by atoms with Crippen molar-refractivity contribution >= 4 is 23.2 Å². The lowest BCUT2D eigenvalue weighted by Gasteiger charge is -2.30. The van der Waals surface area contributed by atoms with E-state index in [-0.39, 0.29) is 17.8 Å². The van der Waals surface area contributed by atoms with Crippen molar-refractivity contribution in [3.8, 4) is 10.6 Å². The van der Waals surface area contributed by atoms with Gasteiger partial charge in [-0.15, -0.1) is 11.3 Å². The van der Waals surface area contributed by atoms with Crippen LogP contribution in [-0.4, -0.2) is 46.8 Å². The van der Waals surface area contributed by atoms with Crippen LogP contribution in [0, 0.1) is 5.92 Å². The van der Waals surface area contributed by atoms with Crippen molar-refractivity contribution in [1.29, 1.82) is 0 Å². The molecule has 0 spiro atoms. The minimum Gasteiger partial charge on any atom is -0.469 e. The van der Waals surface area contributed by atoms with Crippen molar-refractivity contribution in [3.63, 3.8) is 0 Å². The van der Waals surface area contributed by atoms with Crippen LogP contribution in [0.4, 0.5) is 0 Å². The average molecular weight is 410 g/mol. The van der Waals surface area contributed by atoms with Crippen LogP contribution < -0.4 is 0 Å². The summed E-state index contributed by atoms with van der Waals surface area (Å²) in [6, 6.07) is 14.0. The number of thiophene rings is 1. The second kappa shape index (κ2) is 8.61. The summed E-state index contributed by atoms with van der Waals surface area (Å²) in [6.45, 7) is 1.70. The number of benzene rings is 1. The van der Waals surface area contributed by atoms with E-state index in [9.17, 15) is 9.59 Å². The van der Waals surface area contributed by atoms with Crippen LogP contribution in [0.2, 0.25) is 0 Å². The van der Waals surface area contributed by atoms with Crippen LogP contribution in [-0.2, 0) is 16.1 Å². The van der Waals surface area contributed by atoms with E-state index in [2.05, 4.69) is 0 Å². The Hall–Kier alpha value is -2.93. The lowest BCUT2D eigenvalue weighted by molar-refractivity contribution is -0.146. The van der Waals surface area contributed by atoms with Gasteiger partial charge < -0.3 is 9.64 Å². The van der Waals surface area contributed by atoms with Gasteiger partial charge in [0.05, 0.1) is 30.0 Å². The fourth-order valence-corrected chi connectivity index (χ4v) is 4.40. The number of amides is 1. The number of esters is 1. The number of nitrogens with zero attached hydrogens (tertiary/aromatic N) is 3. The van der Waals surface area contributed by atoms with E-state index in [0.717, 1.165) is 16.1 Å². The second-order valence-electron chi connectivity index (χ2n) is 7.14. The molecule has 0 bridgehead atoms. The van der Waals surface area contributed by atoms with Crippen molar-refractivity contribution in [3.05, 3.63) is 65.2 Å². The number of hydrogen-bond donors (Lipinski definition) is 0. The van der Waals surface area contributed by atoms with Gasteiger partial charge in [0.2, 0.25) is 0 Å². The third-order valence-corrected chi connectivity index (χ3v) is 6.13. The Morgan fingerprint density at radius 1 is 1.14 bits per heavy atom. The SMILES string of the molecule is COC(=O)C1CCN(C(=O)c2cn(Cc3ccccc3)nc2-c2cccs2)CC1. The van der Waals surface area contributed by atoms with Gasteiger partial charge in [-0.05, 0) is 29.9 Å². The van der Waals surface area contributed by atoms with Gasteiger partial charge in [0.15, 0.2) is 0 Å². The smallest absolute Gasteiger partial charge is 0.308 e. The molecule has 1 fully saturated rings. The van der Waals surface area contributed by atoms with Gasteiger partial charge >= 0.3 is 5.97 Å². The van der Waals surface area contributed by atoms with Gasteiger partial charge in [-0.2, -0.15) is 5.10 Å². The summed E-state index contributed by atoms with van der Waals surface area (Å²) in [5, 5.41) is 6.71. The molecule has 0 saturated carbocycles. The predicted molar refractivity (Wildman–Crippen MR) is 112 cm³/mol. The number of aromatic nitrogens is 2. The Bertz CT molecular complexity index is 974. The maximum atomic E-state index is 13.3. The number of carbonyl (C=O) groups is 2. The Morgan fingerprint density at radius 2 is 1.90 bits per heavy atom. The van der Waals surface area contributed by atoms with Crippen LogP contribution in [0.15, 0.2) is 54.0 Å². The number of likely N-dealkylation sites (tertiary alicyclic amines) is 1. The Balaban J connectivity index is 1.57. The standard InChI is InChI=1S/C22H23N3O3S/c1-28-22(27)17-9-11-24(12-10-17)21(26)18-15-25(14-16-6-3-2-4-7-16)23-20(18)19-8-5-13-29-19/h2-8,13,15,17H,9-12,14H2,1H3. The van der Waals surface area contributed by atoms with Crippen LogP contribution in [0.25, 0.3) is 10.6 Å². The first-order valence-corrected chi connectivity index (χ1v) is 10.6. The van der Waals surface area contributed by atoms with Crippen molar-refractivity contribution in [2.45, 2.75) is 19.4 Å². The Kier molecular flexibility index (Phi) is 5.76. The summed E-state index contributed by atoms with van der Waals surface area (Å²) in [6.07, 6.45) is 3.10. The third kappa shape index (κ3) is 4.24. The van der Waals surface area contributed by atoms with Gasteiger partial charge in [-0.25, -0.2) is 0 Å². The largest absolute Gasteiger partial charge is 0.469 e. The van der Waals surface area contributed by atoms with Crippen molar-refractivity contribution < 1.29 is 14.3 Å². The molecule has 1 saturated heterocycles. The minimum atomic E-state index is -0.188. The normalized spacial score (nSPS) is 14.7. The summed E-state index contributed by atoms with van der Waals surface area (Å²) < 4.78 is 6.68. The molecule has 0 atom stereocenters. The van der Waals surface area contributed by atoms with E-state index < -0.39 is 0 Å². The highest BCUT2D eigenvalue weighted by atomic mass is 32.1. The van der Waals surface area contributed by atoms with Crippen molar-refractivity contribution in [1.82, 2.24) is 14.7 Å². The van der Waals surface area contributed by atoms with Gasteiger partial charge in [-0.1, -0.05) is 36.4 Å². The molecule has 150 valence electrons. The number of ether oxygens (including phenoxy) is 1. The fourth-order valence-electron chi connectivity index (χ4n) is 3.68. The molecule has 2 aromatic heterocycles. The van der Waals surface area contributed by atoms with Crippen LogP contribution in [0.1, 0.15) is 28.8 Å². The van der Waals surface area contributed by atoms with Gasteiger partial charge in [0, 0.05) is 19.3 Å². The number of hydrogen-bond acceptors (Lipinski definition) is 5. The van der Waals surface area contributed by atoms with E-state index in [0.29, 0.717) is 38.0 Å². The second-order valence-corrected chi connectivity index (χ2v) is 8.09. The molecule has 0 unspecified atom stereocenters. The molecule has 3 aromatic rings. The maximum absolute atomic E-state index is 13.3. The van der Waals surface area contributed by atoms with E-state index in [4.69, 9.17) is 9.84 Å². The zero-order valence-electron chi connectivity index (χ0n) is 16.3. The number of rotatable bonds is 5. The van der Waals surface area contributed by atoms with Gasteiger partial charge in [-0.3, -0.25) is 14.3 Å². The molecule has 1 aromatic carbocycles. The van der Waals surface area contributed by atoms with Gasteiger partial charge in [0.1, 0.15) is 5.69 Å². The minimum absolute atomic E-state index is 0.0315. The molecule has 7 heteroatoms. The van der Waals surface area contributed by atoms with Crippen LogP contribution in [0.3, 0.4) is 0 Å². The molecule has 4 rings (SSSR count). The topological polar surface area (TPSA) is 64.4 Å². The first-order valence-electron chi connectivity index (χ1n) is 9.68. The molecule has 1 aliphatic rings. The van der Waals surface area contributed by atoms with Crippen molar-refractivity contribution in [2.75, 3.05) is 20.2 Å². The fraction of sp³-hybridized carbons (Fsp3) is 0.318. The van der Waals surface area contributed by atoms with Crippen LogP contribution >= 0.6 is 11.3 Å². The summed E-state index contributed by atoms with van der Waals surface area (Å²) >= 11 is 1.57. The quantitative estimate of drug-likeness (QED) is 0.603. The molecular formula is C22H23N3O3S. The molecule has 29 heavy (non-hydrogen) atoms. The zero-order chi connectivity index (χ0) is 20.2. The van der Waals surface area contributed by atoms with E-state index >= 15 is 0 Å². The first kappa shape index (κ1) is 19.4. The highest BCUT2D eigenvalue weighted by molar-refractivity contribution is 7.13. The van der Waals surface area contributed by atoms with E-state index in [1.165, 1.54) is 7.11 Å². The Labute approximate surface area is 173 Å². The lowest BCUT2D eigenvalue weighted by Crippen LogP contribution is -2.40. The molecule has 1 aliphatic heterocycles. The number of methoxy groups -OCH3 is 1. The molecule has 0 aliphatic carbocycles. The highest BCUT2D eigenvalue weighted by Crippen LogP contribution is 2.29. The number of piperidine rings is 1. The molecule has 1 amide bonds. The van der Waals surface area contributed by atoms with Crippen molar-refractivity contribution in [2.24, 2.45) is 5.92 Å². The van der Waals surface area contributed by atoms with E-state index in [1.54, 1.807) is 11.3 Å². The van der Waals surface area contributed by atoms with Crippen LogP contribution in [0.5, 0.6) is 0 Å². The first-order chi connectivity index (χ1) is 14.2. The summed E-state index contributed by atoms with van der Waals surface area (Å²) in [5.41, 5.74) is 2.46. The predicted octanol–water partition coefficient (Wildman–Crippen LogP) is 3.69. The van der Waals surface area contributed by atoms with E-state index in [1.807, 2.05) is 63.6 Å². The molecule has 6 nitrogen and oxygen atoms in total. The summed E-state index contributed by atoms with van der Waals surface area (Å²) in [7, 11) is 1.41. The summed E-state index contributed by atoms with van der Waals surface area (Å²) in [5.74, 6) is -0.343. The zero-order valence-corrected chi connectivity index (χ0v) is 17.1. The monoisotopic (exact) mass is 409 g/mol. The number of carbonyl (C=O) groups excluding carboxylic acids is 2. The highest BCUT2D eigenvalue weighted by Gasteiger charge is 2.30. The summed E-state index contributed by atoms with van der Waals surface area (Å²) in [4.78, 5) is 27.8. The molecule has 3 heterocycles. The molecule has 0 N–H and O–H groups in total. The molecular weight excluding hydrogens is 386 g/mol. The third-order valence-electron chi connectivity index (χ3n) is 5.25. The maximum Gasteiger partial charge on any atom is 0.308 e. The average Bonchev–Trinajstić information content (AvgIpc) is 3.43.